The van der Waals surface area contributed by atoms with Crippen LogP contribution < -0.4 is 0 Å². The number of amides is 1. The molecule has 2 aromatic carbocycles. The van der Waals surface area contributed by atoms with Crippen molar-refractivity contribution >= 4 is 23.8 Å². The molecule has 4 atom stereocenters. The monoisotopic (exact) mass is 501 g/mol. The number of carbonyl (C=O) groups is 2. The van der Waals surface area contributed by atoms with Crippen LogP contribution in [0.15, 0.2) is 65.6 Å². The number of benzene rings is 2. The Bertz CT molecular complexity index is 912. The van der Waals surface area contributed by atoms with Gasteiger partial charge in [-0.15, -0.1) is 0 Å². The highest BCUT2D eigenvalue weighted by atomic mass is 32.2. The van der Waals surface area contributed by atoms with Crippen LogP contribution in [0.2, 0.25) is 0 Å². The van der Waals surface area contributed by atoms with Crippen LogP contribution >= 0.6 is 11.8 Å². The first-order chi connectivity index (χ1) is 17.0. The van der Waals surface area contributed by atoms with Crippen LogP contribution in [0.3, 0.4) is 0 Å². The summed E-state index contributed by atoms with van der Waals surface area (Å²) in [5.41, 5.74) is 0.755. The van der Waals surface area contributed by atoms with Gasteiger partial charge >= 0.3 is 12.1 Å². The van der Waals surface area contributed by atoms with E-state index in [1.165, 1.54) is 6.92 Å². The average Bonchev–Trinajstić information content (AvgIpc) is 3.20. The van der Waals surface area contributed by atoms with Gasteiger partial charge in [-0.3, -0.25) is 4.79 Å². The van der Waals surface area contributed by atoms with E-state index in [1.807, 2.05) is 67.6 Å². The molecular formula is C27H35NO6S. The zero-order chi connectivity index (χ0) is 25.0. The second-order valence-corrected chi connectivity index (χ2v) is 9.83. The fourth-order valence-electron chi connectivity index (χ4n) is 3.84. The van der Waals surface area contributed by atoms with Crippen LogP contribution in [0.25, 0.3) is 0 Å². The van der Waals surface area contributed by atoms with Crippen LogP contribution in [-0.2, 0) is 30.3 Å². The summed E-state index contributed by atoms with van der Waals surface area (Å²) in [4.78, 5) is 27.4. The summed E-state index contributed by atoms with van der Waals surface area (Å²) < 4.78 is 23.6. The Morgan fingerprint density at radius 2 is 1.83 bits per heavy atom. The van der Waals surface area contributed by atoms with E-state index in [-0.39, 0.29) is 12.0 Å². The molecule has 1 saturated heterocycles. The summed E-state index contributed by atoms with van der Waals surface area (Å²) in [6.45, 7) is 6.91. The zero-order valence-electron chi connectivity index (χ0n) is 20.6. The minimum Gasteiger partial charge on any atom is -0.456 e. The third-order valence-corrected chi connectivity index (χ3v) is 6.49. The number of rotatable bonds is 14. The van der Waals surface area contributed by atoms with Gasteiger partial charge in [-0.1, -0.05) is 73.6 Å². The summed E-state index contributed by atoms with van der Waals surface area (Å²) in [5, 5.41) is 0. The summed E-state index contributed by atoms with van der Waals surface area (Å²) in [5.74, 6) is -0.460. The topological polar surface area (TPSA) is 74.3 Å². The first-order valence-corrected chi connectivity index (χ1v) is 13.0. The molecule has 1 aliphatic heterocycles. The number of esters is 1. The van der Waals surface area contributed by atoms with Gasteiger partial charge in [-0.05, 0) is 31.0 Å². The Labute approximate surface area is 212 Å². The standard InChI is InChI=1S/C27H35NO6S/c1-4-5-16-31-19-25(33-21(3)35-23-14-10-7-11-15-23)26(32-20(2)29)24-18-28(27(30)34-24)17-22-12-8-6-9-13-22/h6-15,21,24-26H,4-5,16-19H2,1-3H3/t21?,24-,25?,26+/m1/s1. The van der Waals surface area contributed by atoms with Crippen molar-refractivity contribution in [3.05, 3.63) is 66.2 Å². The highest BCUT2D eigenvalue weighted by molar-refractivity contribution is 7.99. The number of ether oxygens (including phenoxy) is 4. The molecule has 1 amide bonds. The van der Waals surface area contributed by atoms with Crippen molar-refractivity contribution in [2.75, 3.05) is 19.8 Å². The van der Waals surface area contributed by atoms with Gasteiger partial charge in [0, 0.05) is 25.0 Å². The van der Waals surface area contributed by atoms with E-state index >= 15 is 0 Å². The molecule has 8 heteroatoms. The Morgan fingerprint density at radius 1 is 1.14 bits per heavy atom. The molecule has 0 aromatic heterocycles. The van der Waals surface area contributed by atoms with E-state index in [4.69, 9.17) is 18.9 Å². The molecule has 0 aliphatic carbocycles. The molecule has 0 saturated carbocycles. The number of unbranched alkanes of at least 4 members (excludes halogenated alkanes) is 1. The smallest absolute Gasteiger partial charge is 0.410 e. The minimum absolute atomic E-state index is 0.227. The first kappa shape index (κ1) is 27.0. The van der Waals surface area contributed by atoms with Crippen LogP contribution in [-0.4, -0.2) is 60.5 Å². The number of thioether (sulfide) groups is 1. The van der Waals surface area contributed by atoms with Crippen molar-refractivity contribution in [1.82, 2.24) is 4.90 Å². The van der Waals surface area contributed by atoms with E-state index in [2.05, 4.69) is 6.92 Å². The maximum Gasteiger partial charge on any atom is 0.410 e. The molecule has 2 aromatic rings. The Hall–Kier alpha value is -2.55. The number of hydrogen-bond donors (Lipinski definition) is 0. The van der Waals surface area contributed by atoms with E-state index < -0.39 is 30.4 Å². The van der Waals surface area contributed by atoms with E-state index in [0.717, 1.165) is 23.3 Å². The quantitative estimate of drug-likeness (QED) is 0.151. The molecule has 0 spiro atoms. The van der Waals surface area contributed by atoms with Gasteiger partial charge in [0.05, 0.1) is 13.2 Å². The van der Waals surface area contributed by atoms with Crippen LogP contribution in [0.1, 0.15) is 39.2 Å². The van der Waals surface area contributed by atoms with Gasteiger partial charge in [0.15, 0.2) is 12.2 Å². The van der Waals surface area contributed by atoms with Crippen molar-refractivity contribution in [1.29, 1.82) is 0 Å². The first-order valence-electron chi connectivity index (χ1n) is 12.1. The predicted octanol–water partition coefficient (Wildman–Crippen LogP) is 5.28. The fraction of sp³-hybridized carbons (Fsp3) is 0.481. The Balaban J connectivity index is 1.73. The molecular weight excluding hydrogens is 466 g/mol. The SMILES string of the molecule is CCCCOCC(OC(C)Sc1ccccc1)[C@@H](OC(C)=O)[C@H]1CN(Cc2ccccc2)C(=O)O1. The lowest BCUT2D eigenvalue weighted by Crippen LogP contribution is -2.47. The van der Waals surface area contributed by atoms with E-state index in [1.54, 1.807) is 16.7 Å². The van der Waals surface area contributed by atoms with Crippen molar-refractivity contribution in [3.8, 4) is 0 Å². The van der Waals surface area contributed by atoms with Gasteiger partial charge in [0.25, 0.3) is 0 Å². The maximum absolute atomic E-state index is 12.7. The molecule has 35 heavy (non-hydrogen) atoms. The number of hydrogen-bond acceptors (Lipinski definition) is 7. The third-order valence-electron chi connectivity index (χ3n) is 5.50. The Kier molecular flexibility index (Phi) is 10.9. The molecule has 0 N–H and O–H groups in total. The summed E-state index contributed by atoms with van der Waals surface area (Å²) >= 11 is 1.56. The molecule has 1 fully saturated rings. The number of nitrogens with zero attached hydrogens (tertiary/aromatic N) is 1. The van der Waals surface area contributed by atoms with Crippen molar-refractivity contribution < 1.29 is 28.5 Å². The van der Waals surface area contributed by atoms with E-state index in [0.29, 0.717) is 19.7 Å². The Morgan fingerprint density at radius 3 is 2.49 bits per heavy atom. The van der Waals surface area contributed by atoms with Crippen LogP contribution in [0.4, 0.5) is 4.79 Å². The lowest BCUT2D eigenvalue weighted by Gasteiger charge is -2.31. The van der Waals surface area contributed by atoms with Gasteiger partial charge in [0.2, 0.25) is 0 Å². The highest BCUT2D eigenvalue weighted by Crippen LogP contribution is 2.28. The largest absolute Gasteiger partial charge is 0.456 e. The molecule has 1 aliphatic rings. The number of cyclic esters (lactones) is 1. The summed E-state index contributed by atoms with van der Waals surface area (Å²) in [6.07, 6.45) is -0.567. The van der Waals surface area contributed by atoms with Crippen molar-refractivity contribution in [2.45, 2.75) is 68.8 Å². The van der Waals surface area contributed by atoms with Gasteiger partial charge < -0.3 is 23.8 Å². The lowest BCUT2D eigenvalue weighted by atomic mass is 10.1. The molecule has 3 rings (SSSR count). The average molecular weight is 502 g/mol. The molecule has 190 valence electrons. The second kappa shape index (κ2) is 14.1. The normalized spacial score (nSPS) is 18.1. The van der Waals surface area contributed by atoms with E-state index in [9.17, 15) is 9.59 Å². The van der Waals surface area contributed by atoms with Crippen LogP contribution in [0.5, 0.6) is 0 Å². The fourth-order valence-corrected chi connectivity index (χ4v) is 4.74. The van der Waals surface area contributed by atoms with Gasteiger partial charge in [0.1, 0.15) is 11.5 Å². The minimum atomic E-state index is -0.794. The molecule has 7 nitrogen and oxygen atoms in total. The van der Waals surface area contributed by atoms with Crippen LogP contribution in [0, 0.1) is 0 Å². The predicted molar refractivity (Wildman–Crippen MR) is 135 cm³/mol. The molecule has 0 radical (unpaired) electrons. The second-order valence-electron chi connectivity index (χ2n) is 8.46. The lowest BCUT2D eigenvalue weighted by molar-refractivity contribution is -0.170. The molecule has 1 heterocycles. The van der Waals surface area contributed by atoms with Gasteiger partial charge in [-0.2, -0.15) is 0 Å². The molecule has 0 bridgehead atoms. The summed E-state index contributed by atoms with van der Waals surface area (Å²) in [7, 11) is 0. The number of carbonyl (C=O) groups excluding carboxylic acids is 2. The highest BCUT2D eigenvalue weighted by Gasteiger charge is 2.43. The summed E-state index contributed by atoms with van der Waals surface area (Å²) in [6, 6.07) is 19.6. The van der Waals surface area contributed by atoms with Crippen molar-refractivity contribution in [2.24, 2.45) is 0 Å². The zero-order valence-corrected chi connectivity index (χ0v) is 21.4. The third kappa shape index (κ3) is 8.87. The maximum atomic E-state index is 12.7. The van der Waals surface area contributed by atoms with Gasteiger partial charge in [-0.25, -0.2) is 4.79 Å². The molecule has 2 unspecified atom stereocenters. The van der Waals surface area contributed by atoms with Crippen molar-refractivity contribution in [3.63, 3.8) is 0 Å².